The largest absolute Gasteiger partial charge is 0.396 e. The Hall–Kier alpha value is -1.31. The molecule has 1 atom stereocenters. The van der Waals surface area contributed by atoms with E-state index in [2.05, 4.69) is 23.6 Å². The zero-order valence-corrected chi connectivity index (χ0v) is 13.4. The third-order valence-corrected chi connectivity index (χ3v) is 5.19. The maximum atomic E-state index is 11.5. The Bertz CT molecular complexity index is 595. The van der Waals surface area contributed by atoms with Crippen LogP contribution in [0.1, 0.15) is 20.3 Å². The summed E-state index contributed by atoms with van der Waals surface area (Å²) in [6.45, 7) is 7.99. The number of primary sulfonamides is 1. The third-order valence-electron chi connectivity index (χ3n) is 4.22. The van der Waals surface area contributed by atoms with E-state index in [1.54, 1.807) is 6.07 Å². The van der Waals surface area contributed by atoms with Crippen molar-refractivity contribution < 1.29 is 8.42 Å². The van der Waals surface area contributed by atoms with Gasteiger partial charge in [0.05, 0.1) is 11.4 Å². The molecule has 1 fully saturated rings. The van der Waals surface area contributed by atoms with E-state index >= 15 is 0 Å². The zero-order chi connectivity index (χ0) is 15.6. The molecule has 6 nitrogen and oxygen atoms in total. The molecular weight excluding hydrogens is 288 g/mol. The molecule has 0 bridgehead atoms. The van der Waals surface area contributed by atoms with Crippen LogP contribution in [0.15, 0.2) is 23.1 Å². The van der Waals surface area contributed by atoms with Gasteiger partial charge in [-0.25, -0.2) is 13.6 Å². The summed E-state index contributed by atoms with van der Waals surface area (Å²) in [5.74, 6) is 0. The van der Waals surface area contributed by atoms with Gasteiger partial charge in [-0.2, -0.15) is 0 Å². The van der Waals surface area contributed by atoms with Crippen molar-refractivity contribution in [3.63, 3.8) is 0 Å². The van der Waals surface area contributed by atoms with Crippen LogP contribution in [-0.4, -0.2) is 45.5 Å². The number of sulfonamides is 1. The van der Waals surface area contributed by atoms with Gasteiger partial charge in [-0.1, -0.05) is 13.0 Å². The molecule has 0 saturated carbocycles. The number of hydrogen-bond acceptors (Lipinski definition) is 5. The van der Waals surface area contributed by atoms with E-state index in [0.717, 1.165) is 38.3 Å². The molecule has 0 spiro atoms. The Balaban J connectivity index is 2.18. The molecule has 21 heavy (non-hydrogen) atoms. The number of benzene rings is 1. The van der Waals surface area contributed by atoms with Gasteiger partial charge >= 0.3 is 0 Å². The lowest BCUT2D eigenvalue weighted by Crippen LogP contribution is -2.49. The molecule has 1 aliphatic heterocycles. The minimum Gasteiger partial charge on any atom is -0.396 e. The van der Waals surface area contributed by atoms with Gasteiger partial charge in [-0.15, -0.1) is 0 Å². The third kappa shape index (κ3) is 3.48. The second-order valence-electron chi connectivity index (χ2n) is 5.51. The highest BCUT2D eigenvalue weighted by molar-refractivity contribution is 7.89. The average Bonchev–Trinajstić information content (AvgIpc) is 2.45. The van der Waals surface area contributed by atoms with Crippen LogP contribution in [0.25, 0.3) is 0 Å². The molecular formula is C14H24N4O2S. The normalized spacial score (nSPS) is 18.7. The topological polar surface area (TPSA) is 92.7 Å². The van der Waals surface area contributed by atoms with Gasteiger partial charge in [0.15, 0.2) is 0 Å². The Morgan fingerprint density at radius 3 is 2.38 bits per heavy atom. The predicted octanol–water partition coefficient (Wildman–Crippen LogP) is 0.837. The highest BCUT2D eigenvalue weighted by atomic mass is 32.2. The summed E-state index contributed by atoms with van der Waals surface area (Å²) in [5.41, 5.74) is 7.01. The fraction of sp³-hybridized carbons (Fsp3) is 0.571. The number of nitrogens with zero attached hydrogens (tertiary/aromatic N) is 2. The first-order chi connectivity index (χ1) is 9.84. The van der Waals surface area contributed by atoms with Crippen molar-refractivity contribution in [2.24, 2.45) is 5.14 Å². The number of piperazine rings is 1. The summed E-state index contributed by atoms with van der Waals surface area (Å²) in [4.78, 5) is 4.57. The van der Waals surface area contributed by atoms with Gasteiger partial charge in [0, 0.05) is 32.2 Å². The van der Waals surface area contributed by atoms with Gasteiger partial charge in [-0.3, -0.25) is 4.90 Å². The maximum absolute atomic E-state index is 11.5. The molecule has 1 heterocycles. The molecule has 7 heteroatoms. The van der Waals surface area contributed by atoms with Crippen molar-refractivity contribution in [2.45, 2.75) is 31.2 Å². The number of anilines is 2. The van der Waals surface area contributed by atoms with Crippen LogP contribution in [0.3, 0.4) is 0 Å². The summed E-state index contributed by atoms with van der Waals surface area (Å²) in [6, 6.07) is 5.55. The summed E-state index contributed by atoms with van der Waals surface area (Å²) < 4.78 is 23.1. The van der Waals surface area contributed by atoms with E-state index in [4.69, 9.17) is 10.9 Å². The van der Waals surface area contributed by atoms with Crippen LogP contribution < -0.4 is 15.8 Å². The molecule has 0 aromatic heterocycles. The lowest BCUT2D eigenvalue weighted by Gasteiger charge is -2.39. The van der Waals surface area contributed by atoms with Crippen molar-refractivity contribution in [1.82, 2.24) is 4.90 Å². The van der Waals surface area contributed by atoms with Crippen molar-refractivity contribution in [2.75, 3.05) is 36.8 Å². The molecule has 1 saturated heterocycles. The molecule has 118 valence electrons. The van der Waals surface area contributed by atoms with Crippen molar-refractivity contribution in [1.29, 1.82) is 0 Å². The summed E-state index contributed by atoms with van der Waals surface area (Å²) in [5, 5.41) is 5.20. The number of hydrogen-bond donors (Lipinski definition) is 2. The van der Waals surface area contributed by atoms with Gasteiger partial charge in [-0.05, 0) is 25.5 Å². The quantitative estimate of drug-likeness (QED) is 0.804. The van der Waals surface area contributed by atoms with E-state index in [0.29, 0.717) is 6.04 Å². The summed E-state index contributed by atoms with van der Waals surface area (Å²) >= 11 is 0. The second-order valence-corrected chi connectivity index (χ2v) is 7.04. The predicted molar refractivity (Wildman–Crippen MR) is 85.8 cm³/mol. The minimum absolute atomic E-state index is 0.00403. The first-order valence-corrected chi connectivity index (χ1v) is 8.79. The second kappa shape index (κ2) is 6.21. The molecule has 0 aliphatic carbocycles. The first-order valence-electron chi connectivity index (χ1n) is 7.25. The lowest BCUT2D eigenvalue weighted by molar-refractivity contribution is 0.193. The highest BCUT2D eigenvalue weighted by Gasteiger charge is 2.23. The first kappa shape index (κ1) is 16.1. The maximum Gasteiger partial charge on any atom is 0.240 e. The Morgan fingerprint density at radius 2 is 1.86 bits per heavy atom. The number of rotatable bonds is 4. The van der Waals surface area contributed by atoms with E-state index in [-0.39, 0.29) is 10.6 Å². The number of nitrogens with two attached hydrogens (primary N) is 2. The van der Waals surface area contributed by atoms with Crippen molar-refractivity contribution in [3.8, 4) is 0 Å². The minimum atomic E-state index is -3.78. The molecule has 2 rings (SSSR count). The van der Waals surface area contributed by atoms with Crippen LogP contribution in [0.4, 0.5) is 11.4 Å². The molecule has 1 unspecified atom stereocenters. The molecule has 0 radical (unpaired) electrons. The fourth-order valence-corrected chi connectivity index (χ4v) is 3.40. The smallest absolute Gasteiger partial charge is 0.240 e. The van der Waals surface area contributed by atoms with Gasteiger partial charge < -0.3 is 10.6 Å². The zero-order valence-electron chi connectivity index (χ0n) is 12.6. The van der Waals surface area contributed by atoms with Gasteiger partial charge in [0.1, 0.15) is 4.90 Å². The monoisotopic (exact) mass is 312 g/mol. The Labute approximate surface area is 126 Å². The van der Waals surface area contributed by atoms with E-state index < -0.39 is 10.0 Å². The standard InChI is InChI=1S/C14H24N4O2S/c1-3-11(2)17-7-9-18(10-8-17)12-5-4-6-13(14(12)15)21(16,19)20/h4-6,11H,3,7-10,15H2,1-2H3,(H2,16,19,20). The molecule has 1 aliphatic rings. The van der Waals surface area contributed by atoms with Crippen LogP contribution in [-0.2, 0) is 10.0 Å². The van der Waals surface area contributed by atoms with E-state index in [9.17, 15) is 8.42 Å². The summed E-state index contributed by atoms with van der Waals surface area (Å²) in [6.07, 6.45) is 1.13. The van der Waals surface area contributed by atoms with Crippen LogP contribution in [0.5, 0.6) is 0 Å². The van der Waals surface area contributed by atoms with Crippen molar-refractivity contribution in [3.05, 3.63) is 18.2 Å². The number of para-hydroxylation sites is 1. The average molecular weight is 312 g/mol. The van der Waals surface area contributed by atoms with Crippen molar-refractivity contribution >= 4 is 21.4 Å². The molecule has 4 N–H and O–H groups in total. The number of nitrogen functional groups attached to an aromatic ring is 1. The SMILES string of the molecule is CCC(C)N1CCN(c2cccc(S(N)(=O)=O)c2N)CC1. The molecule has 1 aromatic rings. The molecule has 1 aromatic carbocycles. The van der Waals surface area contributed by atoms with Crippen LogP contribution in [0, 0.1) is 0 Å². The Kier molecular flexibility index (Phi) is 4.75. The highest BCUT2D eigenvalue weighted by Crippen LogP contribution is 2.30. The fourth-order valence-electron chi connectivity index (χ4n) is 2.72. The Morgan fingerprint density at radius 1 is 1.24 bits per heavy atom. The van der Waals surface area contributed by atoms with E-state index in [1.165, 1.54) is 6.07 Å². The van der Waals surface area contributed by atoms with E-state index in [1.807, 2.05) is 6.07 Å². The lowest BCUT2D eigenvalue weighted by atomic mass is 10.1. The van der Waals surface area contributed by atoms with Crippen LogP contribution in [0.2, 0.25) is 0 Å². The summed E-state index contributed by atoms with van der Waals surface area (Å²) in [7, 11) is -3.78. The van der Waals surface area contributed by atoms with Crippen LogP contribution >= 0.6 is 0 Å². The molecule has 0 amide bonds. The van der Waals surface area contributed by atoms with Gasteiger partial charge in [0.2, 0.25) is 10.0 Å². The van der Waals surface area contributed by atoms with Gasteiger partial charge in [0.25, 0.3) is 0 Å².